The molecular formula is C22H32N2O2. The van der Waals surface area contributed by atoms with Crippen LogP contribution in [-0.4, -0.2) is 29.8 Å². The monoisotopic (exact) mass is 356 g/mol. The summed E-state index contributed by atoms with van der Waals surface area (Å²) in [5.41, 5.74) is 4.40. The van der Waals surface area contributed by atoms with Gasteiger partial charge in [0.15, 0.2) is 0 Å². The molecule has 0 radical (unpaired) electrons. The number of hydrogen-bond donors (Lipinski definition) is 1. The van der Waals surface area contributed by atoms with Crippen molar-refractivity contribution in [3.05, 3.63) is 28.8 Å². The summed E-state index contributed by atoms with van der Waals surface area (Å²) < 4.78 is 0. The molecule has 1 aromatic rings. The molecule has 1 aliphatic heterocycles. The summed E-state index contributed by atoms with van der Waals surface area (Å²) in [5.74, 6) is 0.596. The van der Waals surface area contributed by atoms with Crippen molar-refractivity contribution in [2.75, 3.05) is 18.4 Å². The molecule has 2 fully saturated rings. The molecule has 1 heterocycles. The third-order valence-corrected chi connectivity index (χ3v) is 6.04. The number of aryl methyl sites for hydroxylation is 3. The number of rotatable bonds is 3. The third kappa shape index (κ3) is 4.28. The molecule has 0 atom stereocenters. The van der Waals surface area contributed by atoms with E-state index in [1.807, 2.05) is 18.7 Å². The Labute approximate surface area is 157 Å². The fraction of sp³-hybridized carbons (Fsp3) is 0.636. The molecule has 0 unspecified atom stereocenters. The van der Waals surface area contributed by atoms with Gasteiger partial charge in [-0.1, -0.05) is 17.7 Å². The minimum Gasteiger partial charge on any atom is -0.342 e. The Morgan fingerprint density at radius 1 is 0.885 bits per heavy atom. The first-order valence-electron chi connectivity index (χ1n) is 10.1. The van der Waals surface area contributed by atoms with E-state index in [1.165, 1.54) is 12.0 Å². The Bertz CT molecular complexity index is 646. The van der Waals surface area contributed by atoms with Crippen LogP contribution in [0.1, 0.15) is 61.6 Å². The number of piperidine rings is 1. The van der Waals surface area contributed by atoms with Crippen molar-refractivity contribution in [3.8, 4) is 0 Å². The second kappa shape index (κ2) is 8.24. The van der Waals surface area contributed by atoms with Crippen molar-refractivity contribution >= 4 is 17.5 Å². The Kier molecular flexibility index (Phi) is 6.00. The Hall–Kier alpha value is -1.84. The fourth-order valence-electron chi connectivity index (χ4n) is 4.58. The second-order valence-electron chi connectivity index (χ2n) is 8.20. The van der Waals surface area contributed by atoms with Gasteiger partial charge in [0.1, 0.15) is 0 Å². The predicted molar refractivity (Wildman–Crippen MR) is 105 cm³/mol. The molecule has 3 rings (SSSR count). The van der Waals surface area contributed by atoms with Crippen LogP contribution in [0.25, 0.3) is 0 Å². The van der Waals surface area contributed by atoms with Gasteiger partial charge in [-0.2, -0.15) is 0 Å². The molecule has 0 spiro atoms. The standard InChI is InChI=1S/C22H32N2O2/c1-15-13-16(2)20(17(3)14-15)23-21(25)18-7-9-19(10-8-18)22(26)24-11-5-4-6-12-24/h13-14,18-19H,4-12H2,1-3H3,(H,23,25). The van der Waals surface area contributed by atoms with Crippen LogP contribution in [-0.2, 0) is 9.59 Å². The van der Waals surface area contributed by atoms with E-state index in [4.69, 9.17) is 0 Å². The van der Waals surface area contributed by atoms with E-state index in [0.717, 1.165) is 68.4 Å². The summed E-state index contributed by atoms with van der Waals surface area (Å²) in [6.07, 6.45) is 6.85. The van der Waals surface area contributed by atoms with Crippen molar-refractivity contribution in [2.24, 2.45) is 11.8 Å². The van der Waals surface area contributed by atoms with Gasteiger partial charge in [-0.3, -0.25) is 9.59 Å². The van der Waals surface area contributed by atoms with E-state index in [1.54, 1.807) is 0 Å². The number of amides is 2. The van der Waals surface area contributed by atoms with Crippen LogP contribution < -0.4 is 5.32 Å². The van der Waals surface area contributed by atoms with E-state index >= 15 is 0 Å². The highest BCUT2D eigenvalue weighted by Crippen LogP contribution is 2.32. The predicted octanol–water partition coefficient (Wildman–Crippen LogP) is 4.37. The lowest BCUT2D eigenvalue weighted by atomic mass is 9.80. The minimum absolute atomic E-state index is 0.0282. The number of carbonyl (C=O) groups is 2. The van der Waals surface area contributed by atoms with Gasteiger partial charge in [0.2, 0.25) is 11.8 Å². The lowest BCUT2D eigenvalue weighted by Gasteiger charge is -2.33. The highest BCUT2D eigenvalue weighted by Gasteiger charge is 2.32. The molecule has 4 heteroatoms. The van der Waals surface area contributed by atoms with E-state index in [9.17, 15) is 9.59 Å². The smallest absolute Gasteiger partial charge is 0.227 e. The number of carbonyl (C=O) groups excluding carboxylic acids is 2. The Morgan fingerprint density at radius 2 is 1.42 bits per heavy atom. The number of nitrogens with one attached hydrogen (secondary N) is 1. The lowest BCUT2D eigenvalue weighted by Crippen LogP contribution is -2.41. The maximum atomic E-state index is 12.7. The van der Waals surface area contributed by atoms with Gasteiger partial charge in [0.25, 0.3) is 0 Å². The fourth-order valence-corrected chi connectivity index (χ4v) is 4.58. The molecule has 1 aromatic carbocycles. The SMILES string of the molecule is Cc1cc(C)c(NC(=O)C2CCC(C(=O)N3CCCCC3)CC2)c(C)c1. The second-order valence-corrected chi connectivity index (χ2v) is 8.20. The van der Waals surface area contributed by atoms with Gasteiger partial charge < -0.3 is 10.2 Å². The highest BCUT2D eigenvalue weighted by atomic mass is 16.2. The molecular weight excluding hydrogens is 324 g/mol. The first-order valence-corrected chi connectivity index (χ1v) is 10.1. The largest absolute Gasteiger partial charge is 0.342 e. The minimum atomic E-state index is 0.0282. The first-order chi connectivity index (χ1) is 12.5. The quantitative estimate of drug-likeness (QED) is 0.874. The number of anilines is 1. The highest BCUT2D eigenvalue weighted by molar-refractivity contribution is 5.94. The summed E-state index contributed by atoms with van der Waals surface area (Å²) in [5, 5.41) is 3.15. The van der Waals surface area contributed by atoms with Crippen LogP contribution >= 0.6 is 0 Å². The summed E-state index contributed by atoms with van der Waals surface area (Å²) in [4.78, 5) is 27.4. The summed E-state index contributed by atoms with van der Waals surface area (Å²) in [6, 6.07) is 4.22. The van der Waals surface area contributed by atoms with E-state index in [-0.39, 0.29) is 17.7 Å². The molecule has 2 amide bonds. The summed E-state index contributed by atoms with van der Waals surface area (Å²) in [7, 11) is 0. The maximum absolute atomic E-state index is 12.7. The number of nitrogens with zero attached hydrogens (tertiary/aromatic N) is 1. The zero-order valence-corrected chi connectivity index (χ0v) is 16.4. The van der Waals surface area contributed by atoms with Crippen LogP contribution in [0.4, 0.5) is 5.69 Å². The zero-order chi connectivity index (χ0) is 18.7. The van der Waals surface area contributed by atoms with Crippen molar-refractivity contribution in [3.63, 3.8) is 0 Å². The Morgan fingerprint density at radius 3 is 2.00 bits per heavy atom. The van der Waals surface area contributed by atoms with E-state index in [2.05, 4.69) is 24.4 Å². The van der Waals surface area contributed by atoms with Crippen LogP contribution in [0, 0.1) is 32.6 Å². The van der Waals surface area contributed by atoms with E-state index < -0.39 is 0 Å². The molecule has 0 bridgehead atoms. The van der Waals surface area contributed by atoms with Gasteiger partial charge in [-0.05, 0) is 76.8 Å². The van der Waals surface area contributed by atoms with Gasteiger partial charge in [-0.15, -0.1) is 0 Å². The summed E-state index contributed by atoms with van der Waals surface area (Å²) >= 11 is 0. The van der Waals surface area contributed by atoms with Crippen LogP contribution in [0.2, 0.25) is 0 Å². The average Bonchev–Trinajstić information content (AvgIpc) is 2.64. The molecule has 1 N–H and O–H groups in total. The van der Waals surface area contributed by atoms with Gasteiger partial charge in [0, 0.05) is 30.6 Å². The zero-order valence-electron chi connectivity index (χ0n) is 16.4. The number of benzene rings is 1. The lowest BCUT2D eigenvalue weighted by molar-refractivity contribution is -0.138. The molecule has 142 valence electrons. The van der Waals surface area contributed by atoms with Crippen LogP contribution in [0.15, 0.2) is 12.1 Å². The van der Waals surface area contributed by atoms with Crippen molar-refractivity contribution in [1.82, 2.24) is 4.90 Å². The van der Waals surface area contributed by atoms with Gasteiger partial charge in [0.05, 0.1) is 0 Å². The normalized spacial score (nSPS) is 23.6. The maximum Gasteiger partial charge on any atom is 0.227 e. The molecule has 1 saturated heterocycles. The van der Waals surface area contributed by atoms with Crippen molar-refractivity contribution in [2.45, 2.75) is 65.7 Å². The molecule has 1 saturated carbocycles. The third-order valence-electron chi connectivity index (χ3n) is 6.04. The topological polar surface area (TPSA) is 49.4 Å². The molecule has 2 aliphatic rings. The Balaban J connectivity index is 1.54. The number of likely N-dealkylation sites (tertiary alicyclic amines) is 1. The molecule has 1 aliphatic carbocycles. The summed E-state index contributed by atoms with van der Waals surface area (Å²) in [6.45, 7) is 8.01. The molecule has 0 aromatic heterocycles. The van der Waals surface area contributed by atoms with Gasteiger partial charge in [-0.25, -0.2) is 0 Å². The van der Waals surface area contributed by atoms with E-state index in [0.29, 0.717) is 5.91 Å². The first kappa shape index (κ1) is 18.9. The number of hydrogen-bond acceptors (Lipinski definition) is 2. The average molecular weight is 357 g/mol. The van der Waals surface area contributed by atoms with Gasteiger partial charge >= 0.3 is 0 Å². The van der Waals surface area contributed by atoms with Crippen molar-refractivity contribution in [1.29, 1.82) is 0 Å². The molecule has 26 heavy (non-hydrogen) atoms. The van der Waals surface area contributed by atoms with Crippen LogP contribution in [0.5, 0.6) is 0 Å². The van der Waals surface area contributed by atoms with Crippen LogP contribution in [0.3, 0.4) is 0 Å². The molecule has 4 nitrogen and oxygen atoms in total. The van der Waals surface area contributed by atoms with Crippen molar-refractivity contribution < 1.29 is 9.59 Å².